The lowest BCUT2D eigenvalue weighted by Gasteiger charge is -2.37. The summed E-state index contributed by atoms with van der Waals surface area (Å²) >= 11 is 0. The molecule has 0 aromatic heterocycles. The first kappa shape index (κ1) is 21.6. The first-order valence-corrected chi connectivity index (χ1v) is 11.2. The quantitative estimate of drug-likeness (QED) is 0.615. The minimum absolute atomic E-state index is 0.00874. The molecular formula is C26H28O7. The Balaban J connectivity index is 1.68. The molecule has 7 heteroatoms. The van der Waals surface area contributed by atoms with Crippen LogP contribution in [0.5, 0.6) is 28.7 Å². The van der Waals surface area contributed by atoms with Gasteiger partial charge in [-0.15, -0.1) is 0 Å². The van der Waals surface area contributed by atoms with Crippen molar-refractivity contribution in [2.45, 2.75) is 63.9 Å². The molecule has 0 spiro atoms. The molecule has 33 heavy (non-hydrogen) atoms. The highest BCUT2D eigenvalue weighted by atomic mass is 16.5. The minimum atomic E-state index is -1.25. The lowest BCUT2D eigenvalue weighted by atomic mass is 9.79. The van der Waals surface area contributed by atoms with Crippen molar-refractivity contribution in [1.29, 1.82) is 0 Å². The van der Waals surface area contributed by atoms with Crippen LogP contribution in [-0.4, -0.2) is 38.4 Å². The standard InChI is InChI=1S/C26H28O7/c1-5-26(4)9-8-15-19(33-26)12-17(28)21-22(29)16-11-20(25(2,3)30)31-18-10-13(27)6-7-14(18)23(16)32-24(15)21/h6-10,12,16,20,23,27-28,30H,5,11H2,1-4H3/t16-,20+,23-,26+/m1/s1. The van der Waals surface area contributed by atoms with Crippen LogP contribution in [0.4, 0.5) is 0 Å². The predicted octanol–water partition coefficient (Wildman–Crippen LogP) is 4.53. The molecule has 3 N–H and O–H groups in total. The highest BCUT2D eigenvalue weighted by Gasteiger charge is 2.48. The van der Waals surface area contributed by atoms with E-state index >= 15 is 0 Å². The van der Waals surface area contributed by atoms with Gasteiger partial charge in [-0.2, -0.15) is 0 Å². The van der Waals surface area contributed by atoms with Gasteiger partial charge >= 0.3 is 0 Å². The number of ether oxygens (including phenoxy) is 3. The molecule has 0 aliphatic carbocycles. The lowest BCUT2D eigenvalue weighted by molar-refractivity contribution is -0.0436. The lowest BCUT2D eigenvalue weighted by Crippen LogP contribution is -2.43. The first-order chi connectivity index (χ1) is 15.5. The minimum Gasteiger partial charge on any atom is -0.508 e. The Bertz CT molecular complexity index is 1180. The van der Waals surface area contributed by atoms with Crippen LogP contribution in [0.25, 0.3) is 6.08 Å². The second-order valence-electron chi connectivity index (χ2n) is 9.84. The van der Waals surface area contributed by atoms with E-state index in [1.165, 1.54) is 18.2 Å². The fourth-order valence-electron chi connectivity index (χ4n) is 4.74. The highest BCUT2D eigenvalue weighted by Crippen LogP contribution is 2.53. The van der Waals surface area contributed by atoms with Crippen LogP contribution >= 0.6 is 0 Å². The van der Waals surface area contributed by atoms with Gasteiger partial charge in [0.25, 0.3) is 0 Å². The molecule has 0 unspecified atom stereocenters. The molecular weight excluding hydrogens is 424 g/mol. The highest BCUT2D eigenvalue weighted by molar-refractivity contribution is 6.06. The second-order valence-corrected chi connectivity index (χ2v) is 9.84. The number of aliphatic hydroxyl groups is 1. The molecule has 0 radical (unpaired) electrons. The molecule has 0 amide bonds. The monoisotopic (exact) mass is 452 g/mol. The summed E-state index contributed by atoms with van der Waals surface area (Å²) in [5, 5.41) is 31.6. The Kier molecular flexibility index (Phi) is 4.69. The van der Waals surface area contributed by atoms with Crippen molar-refractivity contribution < 1.29 is 34.3 Å². The van der Waals surface area contributed by atoms with Crippen LogP contribution in [0, 0.1) is 5.92 Å². The number of benzene rings is 2. The third-order valence-corrected chi connectivity index (χ3v) is 6.93. The predicted molar refractivity (Wildman–Crippen MR) is 121 cm³/mol. The van der Waals surface area contributed by atoms with Crippen molar-refractivity contribution in [3.05, 3.63) is 47.0 Å². The number of aromatic hydroxyl groups is 2. The smallest absolute Gasteiger partial charge is 0.177 e. The third kappa shape index (κ3) is 3.42. The summed E-state index contributed by atoms with van der Waals surface area (Å²) in [6.07, 6.45) is 3.27. The summed E-state index contributed by atoms with van der Waals surface area (Å²) < 4.78 is 18.7. The van der Waals surface area contributed by atoms with Gasteiger partial charge in [0.15, 0.2) is 5.78 Å². The number of Topliss-reactive ketones (excluding diaryl/α,β-unsaturated/α-hetero) is 1. The number of hydrogen-bond donors (Lipinski definition) is 3. The molecule has 0 saturated carbocycles. The van der Waals surface area contributed by atoms with Crippen LogP contribution in [0.3, 0.4) is 0 Å². The van der Waals surface area contributed by atoms with Crippen LogP contribution in [-0.2, 0) is 0 Å². The summed E-state index contributed by atoms with van der Waals surface area (Å²) in [6, 6.07) is 6.12. The maximum Gasteiger partial charge on any atom is 0.177 e. The Morgan fingerprint density at radius 3 is 2.61 bits per heavy atom. The SMILES string of the molecule is CC[C@@]1(C)C=Cc2c(cc(O)c3c2O[C@@H]2c4ccc(O)cc4O[C@H](C(C)(C)O)C[C@@H]2C3=O)O1. The van der Waals surface area contributed by atoms with Crippen LogP contribution < -0.4 is 14.2 Å². The Morgan fingerprint density at radius 1 is 1.15 bits per heavy atom. The van der Waals surface area contributed by atoms with Crippen molar-refractivity contribution in [1.82, 2.24) is 0 Å². The van der Waals surface area contributed by atoms with E-state index in [0.29, 0.717) is 22.6 Å². The number of ketones is 1. The molecule has 0 saturated heterocycles. The van der Waals surface area contributed by atoms with Crippen LogP contribution in [0.15, 0.2) is 30.3 Å². The Hall–Kier alpha value is -3.19. The zero-order valence-corrected chi connectivity index (χ0v) is 19.1. The fourth-order valence-corrected chi connectivity index (χ4v) is 4.74. The molecule has 0 bridgehead atoms. The van der Waals surface area contributed by atoms with Gasteiger partial charge in [-0.25, -0.2) is 0 Å². The molecule has 3 heterocycles. The number of hydrogen-bond acceptors (Lipinski definition) is 7. The zero-order chi connectivity index (χ0) is 23.7. The van der Waals surface area contributed by atoms with E-state index in [1.807, 2.05) is 26.0 Å². The van der Waals surface area contributed by atoms with E-state index in [0.717, 1.165) is 6.42 Å². The van der Waals surface area contributed by atoms with Gasteiger partial charge in [-0.1, -0.05) is 6.92 Å². The summed E-state index contributed by atoms with van der Waals surface area (Å²) in [7, 11) is 0. The molecule has 7 nitrogen and oxygen atoms in total. The van der Waals surface area contributed by atoms with Gasteiger partial charge in [0.05, 0.1) is 17.1 Å². The average Bonchev–Trinajstić information content (AvgIpc) is 2.90. The molecule has 2 aromatic carbocycles. The molecule has 0 fully saturated rings. The summed E-state index contributed by atoms with van der Waals surface area (Å²) in [6.45, 7) is 7.19. The maximum absolute atomic E-state index is 13.8. The number of carbonyl (C=O) groups excluding carboxylic acids is 1. The second kappa shape index (κ2) is 7.15. The van der Waals surface area contributed by atoms with E-state index in [-0.39, 0.29) is 35.0 Å². The number of fused-ring (bicyclic) bond motifs is 6. The van der Waals surface area contributed by atoms with E-state index in [2.05, 4.69) is 0 Å². The number of rotatable bonds is 2. The molecule has 5 rings (SSSR count). The summed E-state index contributed by atoms with van der Waals surface area (Å²) in [5.41, 5.74) is -0.461. The number of phenolic OH excluding ortho intramolecular Hbond substituents is 2. The van der Waals surface area contributed by atoms with E-state index in [4.69, 9.17) is 14.2 Å². The Morgan fingerprint density at radius 2 is 1.91 bits per heavy atom. The number of carbonyl (C=O) groups is 1. The van der Waals surface area contributed by atoms with Crippen molar-refractivity contribution in [3.8, 4) is 28.7 Å². The van der Waals surface area contributed by atoms with Gasteiger partial charge in [0.1, 0.15) is 52.1 Å². The van der Waals surface area contributed by atoms with Crippen molar-refractivity contribution in [2.75, 3.05) is 0 Å². The van der Waals surface area contributed by atoms with Gasteiger partial charge in [0.2, 0.25) is 0 Å². The topological polar surface area (TPSA) is 105 Å². The first-order valence-electron chi connectivity index (χ1n) is 11.2. The van der Waals surface area contributed by atoms with Crippen LogP contribution in [0.1, 0.15) is 68.1 Å². The molecule has 2 aromatic rings. The van der Waals surface area contributed by atoms with E-state index < -0.39 is 29.3 Å². The van der Waals surface area contributed by atoms with Crippen molar-refractivity contribution >= 4 is 11.9 Å². The number of phenols is 2. The van der Waals surface area contributed by atoms with Crippen LogP contribution in [0.2, 0.25) is 0 Å². The van der Waals surface area contributed by atoms with E-state index in [1.54, 1.807) is 19.9 Å². The zero-order valence-electron chi connectivity index (χ0n) is 19.1. The summed E-state index contributed by atoms with van der Waals surface area (Å²) in [4.78, 5) is 13.8. The van der Waals surface area contributed by atoms with Gasteiger partial charge in [-0.3, -0.25) is 4.79 Å². The maximum atomic E-state index is 13.8. The normalized spacial score (nSPS) is 27.7. The van der Waals surface area contributed by atoms with Crippen molar-refractivity contribution in [3.63, 3.8) is 0 Å². The summed E-state index contributed by atoms with van der Waals surface area (Å²) in [5.74, 6) is -0.0898. The third-order valence-electron chi connectivity index (χ3n) is 6.93. The molecule has 3 aliphatic heterocycles. The molecule has 4 atom stereocenters. The average molecular weight is 453 g/mol. The fraction of sp³-hybridized carbons (Fsp3) is 0.423. The molecule has 3 aliphatic rings. The van der Waals surface area contributed by atoms with Gasteiger partial charge in [0, 0.05) is 24.1 Å². The van der Waals surface area contributed by atoms with Gasteiger partial charge in [-0.05, 0) is 51.5 Å². The Labute approximate surface area is 192 Å². The molecule has 174 valence electrons. The van der Waals surface area contributed by atoms with Crippen molar-refractivity contribution in [2.24, 2.45) is 5.92 Å². The van der Waals surface area contributed by atoms with Gasteiger partial charge < -0.3 is 29.5 Å². The van der Waals surface area contributed by atoms with E-state index in [9.17, 15) is 20.1 Å². The largest absolute Gasteiger partial charge is 0.508 e.